The average molecular weight is 237 g/mol. The predicted octanol–water partition coefficient (Wildman–Crippen LogP) is 1.69. The van der Waals surface area contributed by atoms with Crippen LogP contribution in [0.4, 0.5) is 0 Å². The molecule has 1 aromatic carbocycles. The molecule has 0 saturated carbocycles. The molecule has 0 aliphatic rings. The molecule has 1 atom stereocenters. The second kappa shape index (κ2) is 6.91. The lowest BCUT2D eigenvalue weighted by Crippen LogP contribution is -2.18. The molecule has 4 heteroatoms. The number of methoxy groups -OCH3 is 1. The summed E-state index contributed by atoms with van der Waals surface area (Å²) in [6, 6.07) is 7.60. The van der Waals surface area contributed by atoms with E-state index in [1.54, 1.807) is 14.0 Å². The van der Waals surface area contributed by atoms with Gasteiger partial charge in [0.1, 0.15) is 5.75 Å². The monoisotopic (exact) mass is 237 g/mol. The van der Waals surface area contributed by atoms with Crippen LogP contribution in [0.1, 0.15) is 24.8 Å². The van der Waals surface area contributed by atoms with Gasteiger partial charge >= 0.3 is 5.97 Å². The van der Waals surface area contributed by atoms with Gasteiger partial charge in [-0.15, -0.1) is 0 Å². The SMILES string of the molecule is CCOC(=O)CC(CN)c1cccc(OC)c1. The maximum Gasteiger partial charge on any atom is 0.306 e. The van der Waals surface area contributed by atoms with Crippen molar-refractivity contribution in [2.45, 2.75) is 19.3 Å². The normalized spacial score (nSPS) is 11.9. The fourth-order valence-corrected chi connectivity index (χ4v) is 1.65. The van der Waals surface area contributed by atoms with Gasteiger partial charge in [-0.05, 0) is 31.2 Å². The molecule has 17 heavy (non-hydrogen) atoms. The van der Waals surface area contributed by atoms with Gasteiger partial charge in [0, 0.05) is 5.92 Å². The summed E-state index contributed by atoms with van der Waals surface area (Å²) in [6.45, 7) is 2.60. The molecule has 0 saturated heterocycles. The lowest BCUT2D eigenvalue weighted by Gasteiger charge is -2.15. The molecule has 1 unspecified atom stereocenters. The highest BCUT2D eigenvalue weighted by molar-refractivity contribution is 5.70. The number of esters is 1. The molecular formula is C13H19NO3. The first-order valence-corrected chi connectivity index (χ1v) is 5.70. The van der Waals surface area contributed by atoms with Crippen LogP contribution in [0, 0.1) is 0 Å². The van der Waals surface area contributed by atoms with Gasteiger partial charge in [0.2, 0.25) is 0 Å². The maximum atomic E-state index is 11.4. The Hall–Kier alpha value is -1.55. The van der Waals surface area contributed by atoms with Crippen LogP contribution >= 0.6 is 0 Å². The fourth-order valence-electron chi connectivity index (χ4n) is 1.65. The minimum atomic E-state index is -0.217. The molecule has 0 heterocycles. The zero-order valence-corrected chi connectivity index (χ0v) is 10.3. The number of rotatable bonds is 6. The van der Waals surface area contributed by atoms with Crippen molar-refractivity contribution in [1.29, 1.82) is 0 Å². The van der Waals surface area contributed by atoms with Crippen molar-refractivity contribution < 1.29 is 14.3 Å². The summed E-state index contributed by atoms with van der Waals surface area (Å²) in [4.78, 5) is 11.4. The quantitative estimate of drug-likeness (QED) is 0.765. The molecule has 0 fully saturated rings. The number of hydrogen-bond acceptors (Lipinski definition) is 4. The highest BCUT2D eigenvalue weighted by Gasteiger charge is 2.15. The molecule has 0 amide bonds. The van der Waals surface area contributed by atoms with E-state index in [-0.39, 0.29) is 11.9 Å². The molecular weight excluding hydrogens is 218 g/mol. The molecule has 94 valence electrons. The topological polar surface area (TPSA) is 61.5 Å². The molecule has 2 N–H and O–H groups in total. The molecule has 0 aliphatic carbocycles. The number of hydrogen-bond donors (Lipinski definition) is 1. The second-order valence-electron chi connectivity index (χ2n) is 3.72. The summed E-state index contributed by atoms with van der Waals surface area (Å²) in [5, 5.41) is 0. The molecule has 0 radical (unpaired) electrons. The molecule has 0 aromatic heterocycles. The number of carbonyl (C=O) groups is 1. The van der Waals surface area contributed by atoms with Crippen LogP contribution in [-0.4, -0.2) is 26.2 Å². The van der Waals surface area contributed by atoms with Crippen LogP contribution in [0.15, 0.2) is 24.3 Å². The van der Waals surface area contributed by atoms with Gasteiger partial charge in [-0.25, -0.2) is 0 Å². The lowest BCUT2D eigenvalue weighted by atomic mass is 9.96. The largest absolute Gasteiger partial charge is 0.497 e. The highest BCUT2D eigenvalue weighted by atomic mass is 16.5. The third-order valence-corrected chi connectivity index (χ3v) is 2.57. The van der Waals surface area contributed by atoms with E-state index in [1.807, 2.05) is 24.3 Å². The minimum Gasteiger partial charge on any atom is -0.497 e. The summed E-state index contributed by atoms with van der Waals surface area (Å²) < 4.78 is 10.1. The Morgan fingerprint density at radius 1 is 1.47 bits per heavy atom. The van der Waals surface area contributed by atoms with E-state index in [0.29, 0.717) is 19.6 Å². The van der Waals surface area contributed by atoms with E-state index >= 15 is 0 Å². The summed E-state index contributed by atoms with van der Waals surface area (Å²) in [5.74, 6) is 0.528. The first kappa shape index (κ1) is 13.5. The van der Waals surface area contributed by atoms with Gasteiger partial charge in [0.15, 0.2) is 0 Å². The van der Waals surface area contributed by atoms with Crippen LogP contribution in [0.5, 0.6) is 5.75 Å². The Labute approximate surface area is 102 Å². The van der Waals surface area contributed by atoms with E-state index < -0.39 is 0 Å². The van der Waals surface area contributed by atoms with E-state index in [9.17, 15) is 4.79 Å². The van der Waals surface area contributed by atoms with Crippen molar-refractivity contribution >= 4 is 5.97 Å². The van der Waals surface area contributed by atoms with Crippen LogP contribution < -0.4 is 10.5 Å². The molecule has 0 spiro atoms. The molecule has 1 rings (SSSR count). The first-order valence-electron chi connectivity index (χ1n) is 5.70. The predicted molar refractivity (Wildman–Crippen MR) is 66.0 cm³/mol. The Kier molecular flexibility index (Phi) is 5.49. The maximum absolute atomic E-state index is 11.4. The van der Waals surface area contributed by atoms with Gasteiger partial charge < -0.3 is 15.2 Å². The first-order chi connectivity index (χ1) is 8.21. The highest BCUT2D eigenvalue weighted by Crippen LogP contribution is 2.23. The van der Waals surface area contributed by atoms with Gasteiger partial charge in [-0.3, -0.25) is 4.79 Å². The third kappa shape index (κ3) is 4.07. The Morgan fingerprint density at radius 3 is 2.82 bits per heavy atom. The standard InChI is InChI=1S/C13H19NO3/c1-3-17-13(15)8-11(9-14)10-5-4-6-12(7-10)16-2/h4-7,11H,3,8-9,14H2,1-2H3. The van der Waals surface area contributed by atoms with Gasteiger partial charge in [-0.2, -0.15) is 0 Å². The average Bonchev–Trinajstić information content (AvgIpc) is 2.36. The van der Waals surface area contributed by atoms with Gasteiger partial charge in [0.25, 0.3) is 0 Å². The summed E-state index contributed by atoms with van der Waals surface area (Å²) in [7, 11) is 1.61. The van der Waals surface area contributed by atoms with Crippen molar-refractivity contribution in [3.8, 4) is 5.75 Å². The molecule has 1 aromatic rings. The molecule has 0 bridgehead atoms. The van der Waals surface area contributed by atoms with E-state index in [1.165, 1.54) is 0 Å². The number of ether oxygens (including phenoxy) is 2. The zero-order valence-electron chi connectivity index (χ0n) is 10.3. The van der Waals surface area contributed by atoms with Crippen LogP contribution in [0.25, 0.3) is 0 Å². The third-order valence-electron chi connectivity index (χ3n) is 2.57. The second-order valence-corrected chi connectivity index (χ2v) is 3.72. The lowest BCUT2D eigenvalue weighted by molar-refractivity contribution is -0.143. The number of carbonyl (C=O) groups excluding carboxylic acids is 1. The Morgan fingerprint density at radius 2 is 2.24 bits per heavy atom. The summed E-state index contributed by atoms with van der Waals surface area (Å²) in [6.07, 6.45) is 0.303. The van der Waals surface area contributed by atoms with Crippen molar-refractivity contribution in [1.82, 2.24) is 0 Å². The van der Waals surface area contributed by atoms with Crippen molar-refractivity contribution in [3.63, 3.8) is 0 Å². The molecule has 0 aliphatic heterocycles. The van der Waals surface area contributed by atoms with Gasteiger partial charge in [0.05, 0.1) is 20.1 Å². The van der Waals surface area contributed by atoms with E-state index in [0.717, 1.165) is 11.3 Å². The van der Waals surface area contributed by atoms with Gasteiger partial charge in [-0.1, -0.05) is 12.1 Å². The number of nitrogens with two attached hydrogens (primary N) is 1. The van der Waals surface area contributed by atoms with Crippen molar-refractivity contribution in [2.24, 2.45) is 5.73 Å². The van der Waals surface area contributed by atoms with E-state index in [4.69, 9.17) is 15.2 Å². The Bertz CT molecular complexity index is 365. The minimum absolute atomic E-state index is 0.0239. The zero-order chi connectivity index (χ0) is 12.7. The van der Waals surface area contributed by atoms with Crippen LogP contribution in [0.2, 0.25) is 0 Å². The smallest absolute Gasteiger partial charge is 0.306 e. The summed E-state index contributed by atoms with van der Waals surface area (Å²) >= 11 is 0. The summed E-state index contributed by atoms with van der Waals surface area (Å²) in [5.41, 5.74) is 6.69. The molecule has 4 nitrogen and oxygen atoms in total. The fraction of sp³-hybridized carbons (Fsp3) is 0.462. The van der Waals surface area contributed by atoms with E-state index in [2.05, 4.69) is 0 Å². The van der Waals surface area contributed by atoms with Crippen molar-refractivity contribution in [2.75, 3.05) is 20.3 Å². The van der Waals surface area contributed by atoms with Crippen molar-refractivity contribution in [3.05, 3.63) is 29.8 Å². The Balaban J connectivity index is 2.74. The van der Waals surface area contributed by atoms with Crippen LogP contribution in [0.3, 0.4) is 0 Å². The van der Waals surface area contributed by atoms with Crippen LogP contribution in [-0.2, 0) is 9.53 Å². The number of benzene rings is 1.